The molecule has 2 N–H and O–H groups in total. The van der Waals surface area contributed by atoms with Gasteiger partial charge in [-0.1, -0.05) is 6.42 Å². The second-order valence-electron chi connectivity index (χ2n) is 6.19. The Labute approximate surface area is 125 Å². The topological polar surface area (TPSA) is 58.2 Å². The largest absolute Gasteiger partial charge is 0.316 e. The second-order valence-corrected chi connectivity index (χ2v) is 7.90. The molecule has 0 saturated heterocycles. The molecular weight excluding hydrogens is 291 g/mol. The summed E-state index contributed by atoms with van der Waals surface area (Å²) in [6.07, 6.45) is 4.42. The zero-order chi connectivity index (χ0) is 15.0. The van der Waals surface area contributed by atoms with Crippen LogP contribution in [0.15, 0.2) is 23.1 Å². The quantitative estimate of drug-likeness (QED) is 0.874. The van der Waals surface area contributed by atoms with E-state index in [0.717, 1.165) is 19.3 Å². The van der Waals surface area contributed by atoms with Crippen LogP contribution in [0.2, 0.25) is 0 Å². The van der Waals surface area contributed by atoms with Crippen molar-refractivity contribution in [3.05, 3.63) is 29.6 Å². The molecule has 6 heteroatoms. The summed E-state index contributed by atoms with van der Waals surface area (Å²) < 4.78 is 41.4. The number of benzene rings is 1. The van der Waals surface area contributed by atoms with Gasteiger partial charge in [0.1, 0.15) is 5.82 Å². The first-order valence-corrected chi connectivity index (χ1v) is 8.93. The highest BCUT2D eigenvalue weighted by Gasteiger charge is 2.41. The molecule has 2 aliphatic carbocycles. The van der Waals surface area contributed by atoms with Crippen LogP contribution in [0, 0.1) is 17.7 Å². The molecule has 3 atom stereocenters. The fraction of sp³-hybridized carbons (Fsp3) is 0.600. The van der Waals surface area contributed by atoms with Gasteiger partial charge in [-0.15, -0.1) is 0 Å². The van der Waals surface area contributed by atoms with E-state index >= 15 is 0 Å². The molecule has 2 saturated carbocycles. The highest BCUT2D eigenvalue weighted by atomic mass is 32.2. The van der Waals surface area contributed by atoms with Crippen LogP contribution in [0.4, 0.5) is 4.39 Å². The van der Waals surface area contributed by atoms with Crippen LogP contribution in [0.25, 0.3) is 0 Å². The van der Waals surface area contributed by atoms with Crippen molar-refractivity contribution in [3.63, 3.8) is 0 Å². The Hall–Kier alpha value is -0.980. The van der Waals surface area contributed by atoms with Crippen molar-refractivity contribution < 1.29 is 12.8 Å². The highest BCUT2D eigenvalue weighted by molar-refractivity contribution is 7.89. The van der Waals surface area contributed by atoms with E-state index < -0.39 is 10.0 Å². The van der Waals surface area contributed by atoms with Gasteiger partial charge in [-0.25, -0.2) is 17.5 Å². The molecule has 2 fully saturated rings. The Morgan fingerprint density at radius 2 is 2.10 bits per heavy atom. The minimum absolute atomic E-state index is 0.0477. The zero-order valence-electron chi connectivity index (χ0n) is 12.1. The number of fused-ring (bicyclic) bond motifs is 2. The maximum Gasteiger partial charge on any atom is 0.240 e. The van der Waals surface area contributed by atoms with Gasteiger partial charge in [0.2, 0.25) is 10.0 Å². The van der Waals surface area contributed by atoms with Crippen molar-refractivity contribution in [1.29, 1.82) is 0 Å². The van der Waals surface area contributed by atoms with Crippen LogP contribution in [0.5, 0.6) is 0 Å². The second kappa shape index (κ2) is 5.66. The summed E-state index contributed by atoms with van der Waals surface area (Å²) in [6, 6.07) is 4.03. The summed E-state index contributed by atoms with van der Waals surface area (Å²) in [5.74, 6) is 0.765. The summed E-state index contributed by atoms with van der Waals surface area (Å²) in [5, 5.41) is 2.84. The predicted molar refractivity (Wildman–Crippen MR) is 78.7 cm³/mol. The average molecular weight is 312 g/mol. The molecule has 0 amide bonds. The van der Waals surface area contributed by atoms with Crippen LogP contribution in [0.3, 0.4) is 0 Å². The SMILES string of the molecule is CNCc1cc(S(=O)(=O)NC2CC3CCC2C3)ccc1F. The van der Waals surface area contributed by atoms with Crippen molar-refractivity contribution in [2.45, 2.75) is 43.2 Å². The van der Waals surface area contributed by atoms with E-state index in [2.05, 4.69) is 10.0 Å². The molecule has 2 bridgehead atoms. The van der Waals surface area contributed by atoms with E-state index in [1.165, 1.54) is 24.6 Å². The number of rotatable bonds is 5. The Morgan fingerprint density at radius 3 is 2.71 bits per heavy atom. The Kier molecular flexibility index (Phi) is 4.03. The third-order valence-electron chi connectivity index (χ3n) is 4.74. The van der Waals surface area contributed by atoms with E-state index in [1.54, 1.807) is 7.05 Å². The monoisotopic (exact) mass is 312 g/mol. The lowest BCUT2D eigenvalue weighted by molar-refractivity contribution is 0.390. The van der Waals surface area contributed by atoms with E-state index in [-0.39, 0.29) is 16.8 Å². The Morgan fingerprint density at radius 1 is 1.29 bits per heavy atom. The molecule has 3 unspecified atom stereocenters. The van der Waals surface area contributed by atoms with E-state index in [4.69, 9.17) is 0 Å². The maximum atomic E-state index is 13.6. The number of hydrogen-bond donors (Lipinski definition) is 2. The third-order valence-corrected chi connectivity index (χ3v) is 6.23. The van der Waals surface area contributed by atoms with Gasteiger partial charge in [-0.2, -0.15) is 0 Å². The number of sulfonamides is 1. The minimum Gasteiger partial charge on any atom is -0.316 e. The lowest BCUT2D eigenvalue weighted by Crippen LogP contribution is -2.38. The molecule has 0 aliphatic heterocycles. The number of hydrogen-bond acceptors (Lipinski definition) is 3. The average Bonchev–Trinajstić information content (AvgIpc) is 3.03. The lowest BCUT2D eigenvalue weighted by atomic mass is 9.96. The van der Waals surface area contributed by atoms with Gasteiger partial charge in [-0.05, 0) is 56.3 Å². The summed E-state index contributed by atoms with van der Waals surface area (Å²) in [7, 11) is -1.87. The Bertz CT molecular complexity index is 633. The fourth-order valence-electron chi connectivity index (χ4n) is 3.70. The molecule has 116 valence electrons. The van der Waals surface area contributed by atoms with Crippen LogP contribution in [-0.2, 0) is 16.6 Å². The molecule has 0 aromatic heterocycles. The van der Waals surface area contributed by atoms with Gasteiger partial charge < -0.3 is 5.32 Å². The molecular formula is C15H21FN2O2S. The summed E-state index contributed by atoms with van der Waals surface area (Å²) >= 11 is 0. The smallest absolute Gasteiger partial charge is 0.240 e. The molecule has 2 aliphatic rings. The highest BCUT2D eigenvalue weighted by Crippen LogP contribution is 2.44. The number of nitrogens with one attached hydrogen (secondary N) is 2. The first-order valence-electron chi connectivity index (χ1n) is 7.45. The molecule has 1 aromatic carbocycles. The predicted octanol–water partition coefficient (Wildman–Crippen LogP) is 2.01. The molecule has 0 spiro atoms. The van der Waals surface area contributed by atoms with E-state index in [9.17, 15) is 12.8 Å². The van der Waals surface area contributed by atoms with Gasteiger partial charge in [0.25, 0.3) is 0 Å². The minimum atomic E-state index is -3.57. The van der Waals surface area contributed by atoms with Gasteiger partial charge in [-0.3, -0.25) is 0 Å². The Balaban J connectivity index is 1.80. The molecule has 0 heterocycles. The van der Waals surface area contributed by atoms with Gasteiger partial charge >= 0.3 is 0 Å². The number of halogens is 1. The van der Waals surface area contributed by atoms with E-state index in [1.807, 2.05) is 0 Å². The van der Waals surface area contributed by atoms with Crippen LogP contribution >= 0.6 is 0 Å². The molecule has 4 nitrogen and oxygen atoms in total. The van der Waals surface area contributed by atoms with Crippen molar-refractivity contribution in [2.24, 2.45) is 11.8 Å². The zero-order valence-corrected chi connectivity index (χ0v) is 12.9. The molecule has 1 aromatic rings. The third kappa shape index (κ3) is 2.98. The molecule has 3 rings (SSSR count). The van der Waals surface area contributed by atoms with Crippen molar-refractivity contribution in [2.75, 3.05) is 7.05 Å². The first-order chi connectivity index (χ1) is 9.99. The van der Waals surface area contributed by atoms with Crippen LogP contribution in [-0.4, -0.2) is 21.5 Å². The summed E-state index contributed by atoms with van der Waals surface area (Å²) in [6.45, 7) is 0.309. The normalized spacial score (nSPS) is 28.2. The van der Waals surface area contributed by atoms with Crippen molar-refractivity contribution >= 4 is 10.0 Å². The van der Waals surface area contributed by atoms with Gasteiger partial charge in [0.15, 0.2) is 0 Å². The lowest BCUT2D eigenvalue weighted by Gasteiger charge is -2.22. The summed E-state index contributed by atoms with van der Waals surface area (Å²) in [5.41, 5.74) is 0.369. The van der Waals surface area contributed by atoms with Gasteiger partial charge in [0, 0.05) is 18.2 Å². The van der Waals surface area contributed by atoms with Crippen molar-refractivity contribution in [3.8, 4) is 0 Å². The first kappa shape index (κ1) is 14.9. The molecule has 21 heavy (non-hydrogen) atoms. The fourth-order valence-corrected chi connectivity index (χ4v) is 5.07. The standard InChI is InChI=1S/C15H21FN2O2S/c1-17-9-12-8-13(4-5-14(12)16)21(19,20)18-15-7-10-2-3-11(15)6-10/h4-5,8,10-11,15,17-18H,2-3,6-7,9H2,1H3. The summed E-state index contributed by atoms with van der Waals surface area (Å²) in [4.78, 5) is 0.150. The maximum absolute atomic E-state index is 13.6. The van der Waals surface area contributed by atoms with Gasteiger partial charge in [0.05, 0.1) is 4.90 Å². The molecule has 0 radical (unpaired) electrons. The van der Waals surface area contributed by atoms with Crippen LogP contribution < -0.4 is 10.0 Å². The van der Waals surface area contributed by atoms with Crippen LogP contribution in [0.1, 0.15) is 31.2 Å². The van der Waals surface area contributed by atoms with E-state index in [0.29, 0.717) is 23.9 Å². The van der Waals surface area contributed by atoms with Crippen molar-refractivity contribution in [1.82, 2.24) is 10.0 Å².